The molecule has 7 nitrogen and oxygen atoms in total. The topological polar surface area (TPSA) is 93.1 Å². The van der Waals surface area contributed by atoms with Crippen LogP contribution in [0, 0.1) is 0 Å². The normalized spacial score (nSPS) is 11.8. The molecule has 1 aromatic heterocycles. The minimum absolute atomic E-state index is 0.0391. The van der Waals surface area contributed by atoms with Crippen LogP contribution in [-0.2, 0) is 16.6 Å². The van der Waals surface area contributed by atoms with E-state index in [0.717, 1.165) is 18.4 Å². The summed E-state index contributed by atoms with van der Waals surface area (Å²) in [6.07, 6.45) is 2.69. The van der Waals surface area contributed by atoms with E-state index >= 15 is 0 Å². The molecule has 0 saturated carbocycles. The summed E-state index contributed by atoms with van der Waals surface area (Å²) in [7, 11) is 4.59. The lowest BCUT2D eigenvalue weighted by Crippen LogP contribution is -2.24. The predicted molar refractivity (Wildman–Crippen MR) is 158 cm³/mol. The summed E-state index contributed by atoms with van der Waals surface area (Å²) in [4.78, 5) is 20.5. The first-order valence-corrected chi connectivity index (χ1v) is 13.2. The second-order valence-electron chi connectivity index (χ2n) is 9.91. The number of aromatic amines is 1. The van der Waals surface area contributed by atoms with Crippen molar-refractivity contribution in [2.75, 3.05) is 21.3 Å². The van der Waals surface area contributed by atoms with Crippen molar-refractivity contribution >= 4 is 17.5 Å². The average Bonchev–Trinajstić information content (AvgIpc) is 2.90. The lowest BCUT2D eigenvalue weighted by molar-refractivity contribution is 0.349. The molecule has 2 aromatic carbocycles. The molecule has 3 aromatic rings. The molecule has 0 aliphatic carbocycles. The van der Waals surface area contributed by atoms with Crippen LogP contribution in [0.1, 0.15) is 56.9 Å². The van der Waals surface area contributed by atoms with E-state index in [1.165, 1.54) is 7.05 Å². The second kappa shape index (κ2) is 12.9. The van der Waals surface area contributed by atoms with Crippen LogP contribution in [-0.4, -0.2) is 37.3 Å². The van der Waals surface area contributed by atoms with Gasteiger partial charge in [0.25, 0.3) is 5.56 Å². The molecular weight excluding hydrogens is 516 g/mol. The van der Waals surface area contributed by atoms with E-state index in [1.54, 1.807) is 32.4 Å². The van der Waals surface area contributed by atoms with E-state index in [9.17, 15) is 9.90 Å². The molecule has 0 saturated heterocycles. The Balaban J connectivity index is 2.08. The van der Waals surface area contributed by atoms with Gasteiger partial charge in [-0.25, -0.2) is 0 Å². The largest absolute Gasteiger partial charge is 0.506 e. The Labute approximate surface area is 235 Å². The number of aromatic hydroxyl groups is 1. The molecule has 0 bridgehead atoms. The van der Waals surface area contributed by atoms with Crippen LogP contribution >= 0.6 is 11.6 Å². The minimum atomic E-state index is -0.512. The van der Waals surface area contributed by atoms with E-state index in [4.69, 9.17) is 25.8 Å². The SMILES string of the molecule is C=C(CC(C)(C)c1ccc(Cl)cc1)OC(=NC)c1c(O)c(-c2c(OC)cccc2OC)c(CCCC)[nH]c1=O. The van der Waals surface area contributed by atoms with E-state index in [2.05, 4.69) is 37.3 Å². The van der Waals surface area contributed by atoms with Crippen molar-refractivity contribution in [1.29, 1.82) is 0 Å². The van der Waals surface area contributed by atoms with Crippen LogP contribution in [0.4, 0.5) is 0 Å². The van der Waals surface area contributed by atoms with Gasteiger partial charge in [-0.05, 0) is 48.1 Å². The van der Waals surface area contributed by atoms with Gasteiger partial charge >= 0.3 is 0 Å². The van der Waals surface area contributed by atoms with Crippen molar-refractivity contribution in [2.45, 2.75) is 51.9 Å². The lowest BCUT2D eigenvalue weighted by Gasteiger charge is -2.26. The van der Waals surface area contributed by atoms with Gasteiger partial charge in [0.05, 0.1) is 31.1 Å². The molecule has 0 spiro atoms. The highest BCUT2D eigenvalue weighted by Crippen LogP contribution is 2.45. The fraction of sp³-hybridized carbons (Fsp3) is 0.355. The van der Waals surface area contributed by atoms with Gasteiger partial charge in [-0.1, -0.05) is 63.6 Å². The fourth-order valence-corrected chi connectivity index (χ4v) is 4.75. The number of pyridine rings is 1. The summed E-state index contributed by atoms with van der Waals surface area (Å²) in [5, 5.41) is 12.3. The predicted octanol–water partition coefficient (Wildman–Crippen LogP) is 7.04. The first-order chi connectivity index (χ1) is 18.6. The maximum Gasteiger partial charge on any atom is 0.264 e. The smallest absolute Gasteiger partial charge is 0.264 e. The first kappa shape index (κ1) is 29.8. The molecule has 39 heavy (non-hydrogen) atoms. The average molecular weight is 553 g/mol. The maximum absolute atomic E-state index is 13.4. The maximum atomic E-state index is 13.4. The van der Waals surface area contributed by atoms with Crippen molar-refractivity contribution in [3.63, 3.8) is 0 Å². The van der Waals surface area contributed by atoms with Crippen molar-refractivity contribution < 1.29 is 19.3 Å². The molecule has 1 heterocycles. The fourth-order valence-electron chi connectivity index (χ4n) is 4.62. The first-order valence-electron chi connectivity index (χ1n) is 12.9. The highest BCUT2D eigenvalue weighted by atomic mass is 35.5. The number of ether oxygens (including phenoxy) is 3. The Bertz CT molecular complexity index is 1390. The summed E-state index contributed by atoms with van der Waals surface area (Å²) in [6.45, 7) is 10.3. The minimum Gasteiger partial charge on any atom is -0.506 e. The van der Waals surface area contributed by atoms with Gasteiger partial charge in [0.15, 0.2) is 0 Å². The molecular formula is C31H37ClN2O5. The van der Waals surface area contributed by atoms with Gasteiger partial charge in [0, 0.05) is 24.2 Å². The van der Waals surface area contributed by atoms with Gasteiger partial charge < -0.3 is 24.3 Å². The number of allylic oxidation sites excluding steroid dienone is 1. The van der Waals surface area contributed by atoms with E-state index < -0.39 is 5.56 Å². The Hall–Kier alpha value is -3.71. The summed E-state index contributed by atoms with van der Waals surface area (Å²) >= 11 is 6.06. The zero-order valence-corrected chi connectivity index (χ0v) is 24.2. The van der Waals surface area contributed by atoms with Gasteiger partial charge in [0.2, 0.25) is 5.90 Å². The Kier molecular flexibility index (Phi) is 9.86. The monoisotopic (exact) mass is 552 g/mol. The number of nitrogens with zero attached hydrogens (tertiary/aromatic N) is 1. The second-order valence-corrected chi connectivity index (χ2v) is 10.3. The van der Waals surface area contributed by atoms with Crippen LogP contribution in [0.3, 0.4) is 0 Å². The molecule has 0 radical (unpaired) electrons. The van der Waals surface area contributed by atoms with Crippen LogP contribution in [0.5, 0.6) is 17.2 Å². The number of benzene rings is 2. The summed E-state index contributed by atoms with van der Waals surface area (Å²) in [5.74, 6) is 1.07. The summed E-state index contributed by atoms with van der Waals surface area (Å²) in [6, 6.07) is 12.9. The molecule has 0 fully saturated rings. The van der Waals surface area contributed by atoms with Crippen molar-refractivity contribution in [3.8, 4) is 28.4 Å². The summed E-state index contributed by atoms with van der Waals surface area (Å²) < 4.78 is 17.3. The lowest BCUT2D eigenvalue weighted by atomic mass is 9.81. The third-order valence-corrected chi connectivity index (χ3v) is 6.90. The van der Waals surface area contributed by atoms with E-state index in [1.807, 2.05) is 24.3 Å². The van der Waals surface area contributed by atoms with Crippen LogP contribution in [0.15, 0.2) is 64.6 Å². The molecule has 8 heteroatoms. The Morgan fingerprint density at radius 1 is 1.08 bits per heavy atom. The molecule has 208 valence electrons. The van der Waals surface area contributed by atoms with E-state index in [-0.39, 0.29) is 22.6 Å². The number of unbranched alkanes of at least 4 members (excludes halogenated alkanes) is 1. The number of halogens is 1. The zero-order chi connectivity index (χ0) is 28.7. The number of rotatable bonds is 11. The van der Waals surface area contributed by atoms with Crippen LogP contribution < -0.4 is 15.0 Å². The standard InChI is InChI=1S/C31H37ClN2O5/c1-8-9-11-22-25(26-23(37-6)12-10-13-24(26)38-7)28(35)27(29(36)34-22)30(33-5)39-19(2)18-31(3,4)20-14-16-21(32)17-15-20/h10,12-17H,2,8-9,11,18H2,1,3-7H3,(H2,34,35,36). The van der Waals surface area contributed by atoms with Gasteiger partial charge in [-0.2, -0.15) is 0 Å². The number of H-pyrrole nitrogens is 1. The molecule has 0 aliphatic heterocycles. The molecule has 0 aliphatic rings. The number of aliphatic imine (C=N–C) groups is 1. The summed E-state index contributed by atoms with van der Waals surface area (Å²) in [5.41, 5.74) is 1.62. The number of hydrogen-bond acceptors (Lipinski definition) is 6. The number of methoxy groups -OCH3 is 2. The quantitative estimate of drug-likeness (QED) is 0.151. The van der Waals surface area contributed by atoms with Crippen LogP contribution in [0.25, 0.3) is 11.1 Å². The van der Waals surface area contributed by atoms with Crippen molar-refractivity contribution in [2.24, 2.45) is 4.99 Å². The van der Waals surface area contributed by atoms with E-state index in [0.29, 0.717) is 51.9 Å². The number of aryl methyl sites for hydroxylation is 1. The zero-order valence-electron chi connectivity index (χ0n) is 23.5. The third-order valence-electron chi connectivity index (χ3n) is 6.65. The molecule has 3 rings (SSSR count). The van der Waals surface area contributed by atoms with Gasteiger partial charge in [0.1, 0.15) is 22.8 Å². The Morgan fingerprint density at radius 2 is 1.69 bits per heavy atom. The number of nitrogens with one attached hydrogen (secondary N) is 1. The molecule has 2 N–H and O–H groups in total. The number of aromatic nitrogens is 1. The molecule has 0 unspecified atom stereocenters. The van der Waals surface area contributed by atoms with Gasteiger partial charge in [-0.3, -0.25) is 9.79 Å². The Morgan fingerprint density at radius 3 is 2.23 bits per heavy atom. The molecule has 0 atom stereocenters. The highest BCUT2D eigenvalue weighted by molar-refractivity contribution is 6.30. The molecule has 0 amide bonds. The van der Waals surface area contributed by atoms with Crippen molar-refractivity contribution in [1.82, 2.24) is 4.98 Å². The number of hydrogen-bond donors (Lipinski definition) is 2. The highest BCUT2D eigenvalue weighted by Gasteiger charge is 2.29. The van der Waals surface area contributed by atoms with Crippen molar-refractivity contribution in [3.05, 3.63) is 87.0 Å². The van der Waals surface area contributed by atoms with Crippen LogP contribution in [0.2, 0.25) is 5.02 Å². The van der Waals surface area contributed by atoms with Gasteiger partial charge in [-0.15, -0.1) is 0 Å². The third kappa shape index (κ3) is 6.66.